The first kappa shape index (κ1) is 13.6. The molecule has 0 aliphatic heterocycles. The Morgan fingerprint density at radius 3 is 2.53 bits per heavy atom. The Hall–Kier alpha value is -1.42. The van der Waals surface area contributed by atoms with E-state index < -0.39 is 5.82 Å². The number of nitrogens with one attached hydrogen (secondary N) is 1. The fourth-order valence-electron chi connectivity index (χ4n) is 1.54. The summed E-state index contributed by atoms with van der Waals surface area (Å²) in [7, 11) is 0. The minimum absolute atomic E-state index is 0.124. The van der Waals surface area contributed by atoms with Crippen molar-refractivity contribution in [2.75, 3.05) is 6.61 Å². The van der Waals surface area contributed by atoms with Gasteiger partial charge >= 0.3 is 0 Å². The molecule has 0 bridgehead atoms. The molecule has 1 rings (SSSR count). The second kappa shape index (κ2) is 5.77. The highest BCUT2D eigenvalue weighted by Crippen LogP contribution is 2.09. The summed E-state index contributed by atoms with van der Waals surface area (Å²) in [5.74, 6) is -0.667. The van der Waals surface area contributed by atoms with Gasteiger partial charge in [-0.3, -0.25) is 4.79 Å². The Balaban J connectivity index is 2.82. The van der Waals surface area contributed by atoms with Crippen LogP contribution in [-0.2, 0) is 0 Å². The molecule has 0 radical (unpaired) electrons. The Bertz CT molecular complexity index is 384. The standard InChI is InChI=1S/C13H18FNO2/c1-8(2)12(7-16)15-13(17)10-4-9(3)5-11(14)6-10/h4-6,8,12,16H,7H2,1-3H3,(H,15,17). The highest BCUT2D eigenvalue weighted by atomic mass is 19.1. The quantitative estimate of drug-likeness (QED) is 0.842. The number of carbonyl (C=O) groups excluding carboxylic acids is 1. The molecule has 0 saturated heterocycles. The molecule has 0 aliphatic carbocycles. The van der Waals surface area contributed by atoms with Gasteiger partial charge in [0.15, 0.2) is 0 Å². The Kier molecular flexibility index (Phi) is 4.63. The lowest BCUT2D eigenvalue weighted by Gasteiger charge is -2.20. The highest BCUT2D eigenvalue weighted by Gasteiger charge is 2.16. The first-order chi connectivity index (χ1) is 7.93. The summed E-state index contributed by atoms with van der Waals surface area (Å²) in [5, 5.41) is 11.8. The van der Waals surface area contributed by atoms with Gasteiger partial charge in [-0.15, -0.1) is 0 Å². The van der Waals surface area contributed by atoms with Crippen LogP contribution in [0, 0.1) is 18.7 Å². The first-order valence-electron chi connectivity index (χ1n) is 5.63. The van der Waals surface area contributed by atoms with Gasteiger partial charge in [-0.1, -0.05) is 13.8 Å². The predicted molar refractivity (Wildman–Crippen MR) is 64.3 cm³/mol. The molecular weight excluding hydrogens is 221 g/mol. The maximum atomic E-state index is 13.1. The van der Waals surface area contributed by atoms with Crippen LogP contribution in [0.25, 0.3) is 0 Å². The average molecular weight is 239 g/mol. The van der Waals surface area contributed by atoms with Gasteiger partial charge in [0.1, 0.15) is 5.82 Å². The zero-order valence-corrected chi connectivity index (χ0v) is 10.3. The van der Waals surface area contributed by atoms with E-state index in [2.05, 4.69) is 5.32 Å². The molecule has 0 spiro atoms. The van der Waals surface area contributed by atoms with E-state index in [9.17, 15) is 9.18 Å². The summed E-state index contributed by atoms with van der Waals surface area (Å²) >= 11 is 0. The van der Waals surface area contributed by atoms with Gasteiger partial charge in [0.25, 0.3) is 5.91 Å². The zero-order valence-electron chi connectivity index (χ0n) is 10.3. The van der Waals surface area contributed by atoms with Crippen LogP contribution >= 0.6 is 0 Å². The minimum atomic E-state index is -0.430. The molecule has 1 atom stereocenters. The van der Waals surface area contributed by atoms with Gasteiger partial charge in [0, 0.05) is 5.56 Å². The topological polar surface area (TPSA) is 49.3 Å². The van der Waals surface area contributed by atoms with Crippen LogP contribution in [0.1, 0.15) is 29.8 Å². The number of aryl methyl sites for hydroxylation is 1. The number of hydrogen-bond donors (Lipinski definition) is 2. The van der Waals surface area contributed by atoms with Crippen molar-refractivity contribution in [1.82, 2.24) is 5.32 Å². The molecule has 1 aromatic carbocycles. The van der Waals surface area contributed by atoms with Crippen molar-refractivity contribution in [3.8, 4) is 0 Å². The van der Waals surface area contributed by atoms with E-state index in [1.807, 2.05) is 13.8 Å². The van der Waals surface area contributed by atoms with Crippen LogP contribution in [-0.4, -0.2) is 23.7 Å². The van der Waals surface area contributed by atoms with Crippen LogP contribution in [0.3, 0.4) is 0 Å². The molecule has 2 N–H and O–H groups in total. The lowest BCUT2D eigenvalue weighted by Crippen LogP contribution is -2.41. The van der Waals surface area contributed by atoms with Gasteiger partial charge in [0.05, 0.1) is 12.6 Å². The number of carbonyl (C=O) groups is 1. The van der Waals surface area contributed by atoms with Crippen molar-refractivity contribution in [3.05, 3.63) is 35.1 Å². The van der Waals surface area contributed by atoms with Gasteiger partial charge in [-0.25, -0.2) is 4.39 Å². The van der Waals surface area contributed by atoms with Gasteiger partial charge in [0.2, 0.25) is 0 Å². The SMILES string of the molecule is Cc1cc(F)cc(C(=O)NC(CO)C(C)C)c1. The van der Waals surface area contributed by atoms with Crippen molar-refractivity contribution in [3.63, 3.8) is 0 Å². The number of amides is 1. The summed E-state index contributed by atoms with van der Waals surface area (Å²) in [6.07, 6.45) is 0. The van der Waals surface area contributed by atoms with Crippen molar-refractivity contribution >= 4 is 5.91 Å². The molecule has 0 saturated carbocycles. The second-order valence-corrected chi connectivity index (χ2v) is 4.52. The van der Waals surface area contributed by atoms with E-state index >= 15 is 0 Å². The average Bonchev–Trinajstić information content (AvgIpc) is 2.23. The molecule has 0 fully saturated rings. The molecule has 4 heteroatoms. The number of rotatable bonds is 4. The zero-order chi connectivity index (χ0) is 13.0. The summed E-state index contributed by atoms with van der Waals surface area (Å²) < 4.78 is 13.1. The molecule has 0 heterocycles. The van der Waals surface area contributed by atoms with E-state index in [0.717, 1.165) is 0 Å². The molecular formula is C13H18FNO2. The van der Waals surface area contributed by atoms with E-state index in [1.54, 1.807) is 13.0 Å². The molecule has 0 aromatic heterocycles. The Labute approximate surface area is 101 Å². The second-order valence-electron chi connectivity index (χ2n) is 4.52. The summed E-state index contributed by atoms with van der Waals surface area (Å²) in [6, 6.07) is 3.86. The van der Waals surface area contributed by atoms with E-state index in [1.165, 1.54) is 12.1 Å². The third-order valence-corrected chi connectivity index (χ3v) is 2.62. The molecule has 3 nitrogen and oxygen atoms in total. The maximum Gasteiger partial charge on any atom is 0.251 e. The molecule has 1 amide bonds. The maximum absolute atomic E-state index is 13.1. The van der Waals surface area contributed by atoms with Crippen molar-refractivity contribution in [1.29, 1.82) is 0 Å². The third kappa shape index (κ3) is 3.82. The lowest BCUT2D eigenvalue weighted by atomic mass is 10.0. The Morgan fingerprint density at radius 1 is 1.41 bits per heavy atom. The van der Waals surface area contributed by atoms with Gasteiger partial charge < -0.3 is 10.4 Å². The lowest BCUT2D eigenvalue weighted by molar-refractivity contribution is 0.0896. The number of aliphatic hydroxyl groups excluding tert-OH is 1. The Morgan fingerprint density at radius 2 is 2.06 bits per heavy atom. The molecule has 0 aliphatic rings. The van der Waals surface area contributed by atoms with Crippen molar-refractivity contribution in [2.24, 2.45) is 5.92 Å². The molecule has 1 aromatic rings. The largest absolute Gasteiger partial charge is 0.394 e. The third-order valence-electron chi connectivity index (χ3n) is 2.62. The van der Waals surface area contributed by atoms with Gasteiger partial charge in [-0.2, -0.15) is 0 Å². The van der Waals surface area contributed by atoms with E-state index in [0.29, 0.717) is 5.56 Å². The normalized spacial score (nSPS) is 12.6. The monoisotopic (exact) mass is 239 g/mol. The van der Waals surface area contributed by atoms with Crippen LogP contribution in [0.4, 0.5) is 4.39 Å². The minimum Gasteiger partial charge on any atom is -0.394 e. The van der Waals surface area contributed by atoms with Crippen molar-refractivity contribution < 1.29 is 14.3 Å². The number of benzene rings is 1. The fourth-order valence-corrected chi connectivity index (χ4v) is 1.54. The number of hydrogen-bond acceptors (Lipinski definition) is 2. The first-order valence-corrected chi connectivity index (χ1v) is 5.63. The van der Waals surface area contributed by atoms with Crippen LogP contribution < -0.4 is 5.32 Å². The summed E-state index contributed by atoms with van der Waals surface area (Å²) in [6.45, 7) is 5.40. The number of aliphatic hydroxyl groups is 1. The smallest absolute Gasteiger partial charge is 0.251 e. The fraction of sp³-hybridized carbons (Fsp3) is 0.462. The van der Waals surface area contributed by atoms with Crippen molar-refractivity contribution in [2.45, 2.75) is 26.8 Å². The van der Waals surface area contributed by atoms with E-state index in [-0.39, 0.29) is 30.0 Å². The molecule has 94 valence electrons. The predicted octanol–water partition coefficient (Wildman–Crippen LogP) is 1.88. The summed E-state index contributed by atoms with van der Waals surface area (Å²) in [5.41, 5.74) is 0.974. The highest BCUT2D eigenvalue weighted by molar-refractivity contribution is 5.94. The van der Waals surface area contributed by atoms with Crippen LogP contribution in [0.2, 0.25) is 0 Å². The molecule has 17 heavy (non-hydrogen) atoms. The molecule has 1 unspecified atom stereocenters. The van der Waals surface area contributed by atoms with Crippen LogP contribution in [0.5, 0.6) is 0 Å². The van der Waals surface area contributed by atoms with Gasteiger partial charge in [-0.05, 0) is 36.6 Å². The van der Waals surface area contributed by atoms with E-state index in [4.69, 9.17) is 5.11 Å². The summed E-state index contributed by atoms with van der Waals surface area (Å²) in [4.78, 5) is 11.8. The van der Waals surface area contributed by atoms with Crippen LogP contribution in [0.15, 0.2) is 18.2 Å². The number of halogens is 1.